The van der Waals surface area contributed by atoms with Crippen LogP contribution < -0.4 is 0 Å². The molecule has 0 saturated heterocycles. The molecule has 0 saturated carbocycles. The molecule has 1 aromatic rings. The van der Waals surface area contributed by atoms with Crippen LogP contribution in [0.3, 0.4) is 0 Å². The molecule has 2 unspecified atom stereocenters. The molecule has 0 aliphatic heterocycles. The number of methoxy groups -OCH3 is 1. The van der Waals surface area contributed by atoms with E-state index in [1.54, 1.807) is 19.2 Å². The first-order chi connectivity index (χ1) is 8.04. The lowest BCUT2D eigenvalue weighted by Gasteiger charge is -2.14. The van der Waals surface area contributed by atoms with Crippen molar-refractivity contribution in [1.29, 1.82) is 0 Å². The van der Waals surface area contributed by atoms with Gasteiger partial charge in [-0.25, -0.2) is 4.39 Å². The van der Waals surface area contributed by atoms with Crippen LogP contribution in [0.5, 0.6) is 0 Å². The summed E-state index contributed by atoms with van der Waals surface area (Å²) < 4.78 is 18.3. The summed E-state index contributed by atoms with van der Waals surface area (Å²) >= 11 is 5.82. The van der Waals surface area contributed by atoms with Gasteiger partial charge >= 0.3 is 0 Å². The molecule has 2 atom stereocenters. The maximum absolute atomic E-state index is 13.2. The molecule has 1 rings (SSSR count). The van der Waals surface area contributed by atoms with Crippen LogP contribution in [0.1, 0.15) is 25.3 Å². The summed E-state index contributed by atoms with van der Waals surface area (Å²) in [5.74, 6) is -0.443. The summed E-state index contributed by atoms with van der Waals surface area (Å²) in [4.78, 5) is 0. The molecule has 0 aromatic heterocycles. The first-order valence-electron chi connectivity index (χ1n) is 5.68. The summed E-state index contributed by atoms with van der Waals surface area (Å²) in [5, 5.41) is 9.93. The first-order valence-corrected chi connectivity index (χ1v) is 6.06. The van der Waals surface area contributed by atoms with Crippen LogP contribution >= 0.6 is 11.6 Å². The van der Waals surface area contributed by atoms with Crippen LogP contribution in [0.25, 0.3) is 0 Å². The van der Waals surface area contributed by atoms with E-state index in [0.717, 1.165) is 6.42 Å². The monoisotopic (exact) mass is 260 g/mol. The lowest BCUT2D eigenvalue weighted by atomic mass is 10.0. The van der Waals surface area contributed by atoms with E-state index in [9.17, 15) is 9.50 Å². The SMILES string of the molecule is COC(C)CCC(O)Cc1cccc(F)c1Cl. The second-order valence-corrected chi connectivity index (χ2v) is 4.57. The third-order valence-electron chi connectivity index (χ3n) is 2.80. The van der Waals surface area contributed by atoms with Gasteiger partial charge in [0.15, 0.2) is 0 Å². The number of ether oxygens (including phenoxy) is 1. The number of hydrogen-bond donors (Lipinski definition) is 1. The summed E-state index contributed by atoms with van der Waals surface area (Å²) in [7, 11) is 1.64. The molecule has 0 aliphatic carbocycles. The predicted octanol–water partition coefficient (Wildman–Crippen LogP) is 3.20. The number of benzene rings is 1. The normalized spacial score (nSPS) is 14.6. The highest BCUT2D eigenvalue weighted by molar-refractivity contribution is 6.31. The molecule has 2 nitrogen and oxygen atoms in total. The van der Waals surface area contributed by atoms with Crippen LogP contribution in [-0.2, 0) is 11.2 Å². The maximum atomic E-state index is 13.2. The fraction of sp³-hybridized carbons (Fsp3) is 0.538. The Balaban J connectivity index is 2.50. The van der Waals surface area contributed by atoms with Gasteiger partial charge in [0.05, 0.1) is 17.2 Å². The topological polar surface area (TPSA) is 29.5 Å². The Hall–Kier alpha value is -0.640. The van der Waals surface area contributed by atoms with Crippen LogP contribution in [0.4, 0.5) is 4.39 Å². The molecule has 96 valence electrons. The van der Waals surface area contributed by atoms with E-state index >= 15 is 0 Å². The largest absolute Gasteiger partial charge is 0.393 e. The minimum Gasteiger partial charge on any atom is -0.393 e. The molecule has 0 spiro atoms. The molecule has 0 bridgehead atoms. The molecule has 0 aliphatic rings. The first kappa shape index (κ1) is 14.4. The van der Waals surface area contributed by atoms with Crippen LogP contribution in [0.2, 0.25) is 5.02 Å². The smallest absolute Gasteiger partial charge is 0.142 e. The van der Waals surface area contributed by atoms with Gasteiger partial charge in [-0.2, -0.15) is 0 Å². The zero-order valence-electron chi connectivity index (χ0n) is 10.1. The molecule has 1 aromatic carbocycles. The fourth-order valence-corrected chi connectivity index (χ4v) is 1.81. The van der Waals surface area contributed by atoms with Crippen molar-refractivity contribution in [3.05, 3.63) is 34.6 Å². The average molecular weight is 261 g/mol. The van der Waals surface area contributed by atoms with Crippen LogP contribution in [0, 0.1) is 5.82 Å². The van der Waals surface area contributed by atoms with Gasteiger partial charge in [0.25, 0.3) is 0 Å². The van der Waals surface area contributed by atoms with Crippen molar-refractivity contribution in [1.82, 2.24) is 0 Å². The molecule has 0 radical (unpaired) electrons. The van der Waals surface area contributed by atoms with Crippen molar-refractivity contribution in [2.45, 2.75) is 38.4 Å². The molecule has 4 heteroatoms. The maximum Gasteiger partial charge on any atom is 0.142 e. The highest BCUT2D eigenvalue weighted by atomic mass is 35.5. The van der Waals surface area contributed by atoms with Crippen molar-refractivity contribution in [2.24, 2.45) is 0 Å². The van der Waals surface area contributed by atoms with Gasteiger partial charge in [-0.3, -0.25) is 0 Å². The van der Waals surface area contributed by atoms with E-state index in [2.05, 4.69) is 0 Å². The number of halogens is 2. The van der Waals surface area contributed by atoms with Crippen molar-refractivity contribution < 1.29 is 14.2 Å². The van der Waals surface area contributed by atoms with E-state index in [-0.39, 0.29) is 11.1 Å². The fourth-order valence-electron chi connectivity index (χ4n) is 1.61. The Morgan fingerprint density at radius 2 is 2.12 bits per heavy atom. The number of aliphatic hydroxyl groups is 1. The molecule has 1 N–H and O–H groups in total. The summed E-state index contributed by atoms with van der Waals surface area (Å²) in [5.41, 5.74) is 0.643. The van der Waals surface area contributed by atoms with Crippen LogP contribution in [0.15, 0.2) is 18.2 Å². The van der Waals surface area contributed by atoms with Gasteiger partial charge in [-0.05, 0) is 37.8 Å². The Labute approximate surface area is 106 Å². The zero-order chi connectivity index (χ0) is 12.8. The molecule has 0 fully saturated rings. The predicted molar refractivity (Wildman–Crippen MR) is 66.8 cm³/mol. The minimum absolute atomic E-state index is 0.103. The summed E-state index contributed by atoms with van der Waals surface area (Å²) in [6.45, 7) is 1.95. The highest BCUT2D eigenvalue weighted by Crippen LogP contribution is 2.22. The third-order valence-corrected chi connectivity index (χ3v) is 3.22. The lowest BCUT2D eigenvalue weighted by molar-refractivity contribution is 0.0851. The van der Waals surface area contributed by atoms with E-state index in [4.69, 9.17) is 16.3 Å². The number of aliphatic hydroxyl groups excluding tert-OH is 1. The Morgan fingerprint density at radius 1 is 1.41 bits per heavy atom. The van der Waals surface area contributed by atoms with Gasteiger partial charge < -0.3 is 9.84 Å². The van der Waals surface area contributed by atoms with Gasteiger partial charge in [-0.1, -0.05) is 23.7 Å². The summed E-state index contributed by atoms with van der Waals surface area (Å²) in [6.07, 6.45) is 1.35. The number of hydrogen-bond acceptors (Lipinski definition) is 2. The van der Waals surface area contributed by atoms with Crippen molar-refractivity contribution in [3.63, 3.8) is 0 Å². The van der Waals surface area contributed by atoms with Crippen molar-refractivity contribution in [3.8, 4) is 0 Å². The third kappa shape index (κ3) is 4.62. The van der Waals surface area contributed by atoms with E-state index in [0.29, 0.717) is 18.4 Å². The lowest BCUT2D eigenvalue weighted by Crippen LogP contribution is -2.15. The Morgan fingerprint density at radius 3 is 2.76 bits per heavy atom. The second kappa shape index (κ2) is 6.94. The van der Waals surface area contributed by atoms with Crippen molar-refractivity contribution >= 4 is 11.6 Å². The highest BCUT2D eigenvalue weighted by Gasteiger charge is 2.12. The molecule has 0 amide bonds. The quantitative estimate of drug-likeness (QED) is 0.851. The van der Waals surface area contributed by atoms with Crippen molar-refractivity contribution in [2.75, 3.05) is 7.11 Å². The van der Waals surface area contributed by atoms with E-state index in [1.165, 1.54) is 6.07 Å². The Bertz CT molecular complexity index is 357. The molecule has 17 heavy (non-hydrogen) atoms. The molecular formula is C13H18ClFO2. The standard InChI is InChI=1S/C13H18ClFO2/c1-9(17-2)6-7-11(16)8-10-4-3-5-12(15)13(10)14/h3-5,9,11,16H,6-8H2,1-2H3. The van der Waals surface area contributed by atoms with E-state index < -0.39 is 11.9 Å². The van der Waals surface area contributed by atoms with Gasteiger partial charge in [0.2, 0.25) is 0 Å². The molecular weight excluding hydrogens is 243 g/mol. The van der Waals surface area contributed by atoms with Gasteiger partial charge in [0.1, 0.15) is 5.82 Å². The average Bonchev–Trinajstić information content (AvgIpc) is 2.32. The minimum atomic E-state index is -0.521. The van der Waals surface area contributed by atoms with E-state index in [1.807, 2.05) is 6.92 Å². The Kier molecular flexibility index (Phi) is 5.89. The second-order valence-electron chi connectivity index (χ2n) is 4.19. The number of rotatable bonds is 6. The zero-order valence-corrected chi connectivity index (χ0v) is 10.9. The van der Waals surface area contributed by atoms with Gasteiger partial charge in [-0.15, -0.1) is 0 Å². The molecule has 0 heterocycles. The van der Waals surface area contributed by atoms with Gasteiger partial charge in [0, 0.05) is 7.11 Å². The summed E-state index contributed by atoms with van der Waals surface area (Å²) in [6, 6.07) is 4.64. The van der Waals surface area contributed by atoms with Crippen LogP contribution in [-0.4, -0.2) is 24.4 Å².